The Morgan fingerprint density at radius 1 is 1.17 bits per heavy atom. The molecular formula is C8H14N2O2. The molecule has 0 radical (unpaired) electrons. The third-order valence-corrected chi connectivity index (χ3v) is 2.09. The molecule has 0 aliphatic carbocycles. The van der Waals surface area contributed by atoms with Crippen LogP contribution in [0.2, 0.25) is 0 Å². The van der Waals surface area contributed by atoms with E-state index < -0.39 is 5.91 Å². The molecule has 12 heavy (non-hydrogen) atoms. The molecule has 0 saturated carbocycles. The molecule has 0 atom stereocenters. The number of carbonyl (C=O) groups excluding carboxylic acids is 2. The first-order valence-corrected chi connectivity index (χ1v) is 4.10. The van der Waals surface area contributed by atoms with Gasteiger partial charge in [0, 0.05) is 26.2 Å². The SMILES string of the molecule is CC(C)N1CCN(C)C(=O)C1=O. The minimum Gasteiger partial charge on any atom is -0.336 e. The maximum Gasteiger partial charge on any atom is 0.312 e. The second-order valence-electron chi connectivity index (χ2n) is 3.32. The van der Waals surface area contributed by atoms with E-state index in [-0.39, 0.29) is 11.9 Å². The topological polar surface area (TPSA) is 40.6 Å². The monoisotopic (exact) mass is 170 g/mol. The van der Waals surface area contributed by atoms with Crippen molar-refractivity contribution in [2.24, 2.45) is 0 Å². The van der Waals surface area contributed by atoms with Crippen LogP contribution in [0.4, 0.5) is 0 Å². The van der Waals surface area contributed by atoms with E-state index in [0.29, 0.717) is 13.1 Å². The minimum atomic E-state index is -0.394. The van der Waals surface area contributed by atoms with Crippen LogP contribution in [0, 0.1) is 0 Å². The highest BCUT2D eigenvalue weighted by Gasteiger charge is 2.31. The Bertz CT molecular complexity index is 213. The van der Waals surface area contributed by atoms with Crippen LogP contribution in [0.3, 0.4) is 0 Å². The van der Waals surface area contributed by atoms with Gasteiger partial charge in [0.25, 0.3) is 0 Å². The smallest absolute Gasteiger partial charge is 0.312 e. The van der Waals surface area contributed by atoms with E-state index in [0.717, 1.165) is 0 Å². The van der Waals surface area contributed by atoms with Crippen molar-refractivity contribution < 1.29 is 9.59 Å². The summed E-state index contributed by atoms with van der Waals surface area (Å²) in [6.07, 6.45) is 0. The molecule has 4 heteroatoms. The molecule has 1 aliphatic rings. The number of hydrogen-bond acceptors (Lipinski definition) is 2. The predicted molar refractivity (Wildman–Crippen MR) is 44.5 cm³/mol. The van der Waals surface area contributed by atoms with Crippen molar-refractivity contribution in [3.8, 4) is 0 Å². The van der Waals surface area contributed by atoms with Gasteiger partial charge in [0.1, 0.15) is 0 Å². The van der Waals surface area contributed by atoms with Gasteiger partial charge in [-0.3, -0.25) is 9.59 Å². The molecule has 1 aliphatic heterocycles. The molecule has 0 unspecified atom stereocenters. The van der Waals surface area contributed by atoms with Crippen LogP contribution in [0.5, 0.6) is 0 Å². The van der Waals surface area contributed by atoms with E-state index >= 15 is 0 Å². The maximum absolute atomic E-state index is 11.3. The number of nitrogens with zero attached hydrogens (tertiary/aromatic N) is 2. The van der Waals surface area contributed by atoms with Gasteiger partial charge < -0.3 is 9.80 Å². The summed E-state index contributed by atoms with van der Waals surface area (Å²) in [5.74, 6) is -0.770. The molecular weight excluding hydrogens is 156 g/mol. The lowest BCUT2D eigenvalue weighted by molar-refractivity contribution is -0.156. The van der Waals surface area contributed by atoms with Gasteiger partial charge in [-0.25, -0.2) is 0 Å². The lowest BCUT2D eigenvalue weighted by Gasteiger charge is -2.33. The van der Waals surface area contributed by atoms with Crippen LogP contribution in [0.15, 0.2) is 0 Å². The fourth-order valence-corrected chi connectivity index (χ4v) is 1.24. The predicted octanol–water partition coefficient (Wildman–Crippen LogP) is -0.305. The minimum absolute atomic E-state index is 0.121. The Hall–Kier alpha value is -1.06. The first-order chi connectivity index (χ1) is 5.54. The molecule has 0 N–H and O–H groups in total. The van der Waals surface area contributed by atoms with Crippen molar-refractivity contribution in [3.05, 3.63) is 0 Å². The lowest BCUT2D eigenvalue weighted by Crippen LogP contribution is -2.54. The van der Waals surface area contributed by atoms with Crippen molar-refractivity contribution in [1.82, 2.24) is 9.80 Å². The molecule has 0 spiro atoms. The third-order valence-electron chi connectivity index (χ3n) is 2.09. The molecule has 0 bridgehead atoms. The van der Waals surface area contributed by atoms with Gasteiger partial charge in [-0.2, -0.15) is 0 Å². The zero-order chi connectivity index (χ0) is 9.30. The zero-order valence-corrected chi connectivity index (χ0v) is 7.70. The summed E-state index contributed by atoms with van der Waals surface area (Å²) in [6.45, 7) is 5.12. The number of amides is 2. The first-order valence-electron chi connectivity index (χ1n) is 4.10. The summed E-state index contributed by atoms with van der Waals surface area (Å²) in [5, 5.41) is 0. The van der Waals surface area contributed by atoms with Gasteiger partial charge >= 0.3 is 11.8 Å². The van der Waals surface area contributed by atoms with E-state index in [2.05, 4.69) is 0 Å². The lowest BCUT2D eigenvalue weighted by atomic mass is 10.2. The van der Waals surface area contributed by atoms with Crippen molar-refractivity contribution >= 4 is 11.8 Å². The number of carbonyl (C=O) groups is 2. The van der Waals surface area contributed by atoms with Gasteiger partial charge in [0.2, 0.25) is 0 Å². The van der Waals surface area contributed by atoms with E-state index in [1.165, 1.54) is 4.90 Å². The molecule has 4 nitrogen and oxygen atoms in total. The van der Waals surface area contributed by atoms with Crippen LogP contribution in [0.1, 0.15) is 13.8 Å². The van der Waals surface area contributed by atoms with Crippen molar-refractivity contribution in [2.45, 2.75) is 19.9 Å². The summed E-state index contributed by atoms with van der Waals surface area (Å²) in [4.78, 5) is 25.5. The van der Waals surface area contributed by atoms with E-state index in [9.17, 15) is 9.59 Å². The molecule has 2 amide bonds. The number of piperazine rings is 1. The average Bonchev–Trinajstić information content (AvgIpc) is 2.00. The Labute approximate surface area is 72.1 Å². The van der Waals surface area contributed by atoms with Crippen LogP contribution in [0.25, 0.3) is 0 Å². The van der Waals surface area contributed by atoms with Gasteiger partial charge in [-0.05, 0) is 13.8 Å². The van der Waals surface area contributed by atoms with Crippen LogP contribution in [-0.2, 0) is 9.59 Å². The third kappa shape index (κ3) is 1.42. The highest BCUT2D eigenvalue weighted by molar-refractivity contribution is 6.35. The summed E-state index contributed by atoms with van der Waals surface area (Å²) in [7, 11) is 1.65. The van der Waals surface area contributed by atoms with Crippen LogP contribution >= 0.6 is 0 Å². The molecule has 1 rings (SSSR count). The summed E-state index contributed by atoms with van der Waals surface area (Å²) in [6, 6.07) is 0.121. The van der Waals surface area contributed by atoms with E-state index in [1.807, 2.05) is 13.8 Å². The average molecular weight is 170 g/mol. The second-order valence-corrected chi connectivity index (χ2v) is 3.32. The van der Waals surface area contributed by atoms with Crippen molar-refractivity contribution in [1.29, 1.82) is 0 Å². The number of hydrogen-bond donors (Lipinski definition) is 0. The van der Waals surface area contributed by atoms with Crippen LogP contribution in [-0.4, -0.2) is 47.8 Å². The summed E-state index contributed by atoms with van der Waals surface area (Å²) >= 11 is 0. The zero-order valence-electron chi connectivity index (χ0n) is 7.70. The number of likely N-dealkylation sites (N-methyl/N-ethyl adjacent to an activating group) is 1. The molecule has 0 aromatic heterocycles. The number of rotatable bonds is 1. The molecule has 0 aromatic carbocycles. The molecule has 1 saturated heterocycles. The van der Waals surface area contributed by atoms with Crippen molar-refractivity contribution in [3.63, 3.8) is 0 Å². The van der Waals surface area contributed by atoms with Crippen LogP contribution < -0.4 is 0 Å². The van der Waals surface area contributed by atoms with Gasteiger partial charge in [-0.15, -0.1) is 0 Å². The normalized spacial score (nSPS) is 19.3. The Kier molecular flexibility index (Phi) is 2.35. The summed E-state index contributed by atoms with van der Waals surface area (Å²) in [5.41, 5.74) is 0. The maximum atomic E-state index is 11.3. The largest absolute Gasteiger partial charge is 0.336 e. The Balaban J connectivity index is 2.72. The fourth-order valence-electron chi connectivity index (χ4n) is 1.24. The molecule has 1 fully saturated rings. The van der Waals surface area contributed by atoms with Gasteiger partial charge in [0.15, 0.2) is 0 Å². The highest BCUT2D eigenvalue weighted by atomic mass is 16.2. The van der Waals surface area contributed by atoms with Gasteiger partial charge in [0.05, 0.1) is 0 Å². The second kappa shape index (κ2) is 3.13. The van der Waals surface area contributed by atoms with E-state index in [1.54, 1.807) is 11.9 Å². The standard InChI is InChI=1S/C8H14N2O2/c1-6(2)10-5-4-9(3)7(11)8(10)12/h6H,4-5H2,1-3H3. The van der Waals surface area contributed by atoms with Gasteiger partial charge in [-0.1, -0.05) is 0 Å². The molecule has 0 aromatic rings. The Morgan fingerprint density at radius 2 is 1.75 bits per heavy atom. The molecule has 68 valence electrons. The highest BCUT2D eigenvalue weighted by Crippen LogP contribution is 2.06. The molecule has 1 heterocycles. The quantitative estimate of drug-likeness (QED) is 0.507. The Morgan fingerprint density at radius 3 is 2.25 bits per heavy atom. The van der Waals surface area contributed by atoms with Crippen molar-refractivity contribution in [2.75, 3.05) is 20.1 Å². The first kappa shape index (κ1) is 9.03. The van der Waals surface area contributed by atoms with E-state index in [4.69, 9.17) is 0 Å². The fraction of sp³-hybridized carbons (Fsp3) is 0.750. The summed E-state index contributed by atoms with van der Waals surface area (Å²) < 4.78 is 0.